The van der Waals surface area contributed by atoms with Crippen LogP contribution in [0.15, 0.2) is 37.5 Å². The van der Waals surface area contributed by atoms with Gasteiger partial charge in [-0.2, -0.15) is 0 Å². The number of rotatable bonds is 3. The summed E-state index contributed by atoms with van der Waals surface area (Å²) in [4.78, 5) is 0. The molecule has 0 aromatic heterocycles. The van der Waals surface area contributed by atoms with Crippen molar-refractivity contribution in [1.29, 1.82) is 0 Å². The van der Waals surface area contributed by atoms with E-state index in [2.05, 4.69) is 30.9 Å². The summed E-state index contributed by atoms with van der Waals surface area (Å²) in [5.41, 5.74) is -0.636. The molecule has 1 atom stereocenters. The zero-order valence-corrected chi connectivity index (χ0v) is 7.30. The van der Waals surface area contributed by atoms with Gasteiger partial charge in [0.15, 0.2) is 0 Å². The smallest absolute Gasteiger partial charge is 0.118 e. The lowest BCUT2D eigenvalue weighted by Crippen LogP contribution is -2.07. The molecule has 12 heavy (non-hydrogen) atoms. The van der Waals surface area contributed by atoms with Gasteiger partial charge in [0, 0.05) is 0 Å². The Kier molecular flexibility index (Phi) is 4.35. The van der Waals surface area contributed by atoms with E-state index in [1.54, 1.807) is 31.2 Å². The van der Waals surface area contributed by atoms with Crippen LogP contribution in [0.2, 0.25) is 0 Å². The Morgan fingerprint density at radius 1 is 1.42 bits per heavy atom. The predicted molar refractivity (Wildman–Crippen MR) is 54.3 cm³/mol. The maximum Gasteiger partial charge on any atom is 0.128 e. The molecule has 0 amide bonds. The largest absolute Gasteiger partial charge is 0.128 e. The van der Waals surface area contributed by atoms with E-state index >= 15 is 0 Å². The van der Waals surface area contributed by atoms with Crippen molar-refractivity contribution in [3.8, 4) is 24.2 Å². The fraction of sp³-hybridized carbons (Fsp3) is 0.167. The molecule has 0 heterocycles. The van der Waals surface area contributed by atoms with Crippen molar-refractivity contribution >= 4 is 0 Å². The summed E-state index contributed by atoms with van der Waals surface area (Å²) in [5, 5.41) is 0. The molecule has 0 saturated heterocycles. The van der Waals surface area contributed by atoms with E-state index in [-0.39, 0.29) is 0 Å². The van der Waals surface area contributed by atoms with Gasteiger partial charge in [-0.05, 0) is 6.92 Å². The average molecular weight is 156 g/mol. The van der Waals surface area contributed by atoms with Crippen LogP contribution in [0.3, 0.4) is 0 Å². The minimum atomic E-state index is -0.636. The topological polar surface area (TPSA) is 0 Å². The second kappa shape index (κ2) is 5.05. The van der Waals surface area contributed by atoms with Crippen LogP contribution in [-0.2, 0) is 0 Å². The van der Waals surface area contributed by atoms with Gasteiger partial charge in [-0.15, -0.1) is 18.9 Å². The first kappa shape index (κ1) is 10.3. The van der Waals surface area contributed by atoms with Crippen molar-refractivity contribution in [2.75, 3.05) is 0 Å². The minimum Gasteiger partial charge on any atom is -0.118 e. The number of allylic oxidation sites excluding steroid dienone is 4. The molecule has 0 aliphatic carbocycles. The standard InChI is InChI=1S/C12H12/c1-5-9-11-12(7-3,8-4)10-6-2/h3,5,8-9,11H,1,4H2,2H3/b11-9+. The second-order valence-corrected chi connectivity index (χ2v) is 2.19. The van der Waals surface area contributed by atoms with E-state index in [4.69, 9.17) is 6.42 Å². The summed E-state index contributed by atoms with van der Waals surface area (Å²) in [5.74, 6) is 8.24. The van der Waals surface area contributed by atoms with E-state index in [0.29, 0.717) is 0 Å². The summed E-state index contributed by atoms with van der Waals surface area (Å²) in [6.45, 7) is 8.95. The van der Waals surface area contributed by atoms with Gasteiger partial charge in [-0.1, -0.05) is 42.7 Å². The molecule has 0 rings (SSSR count). The lowest BCUT2D eigenvalue weighted by Gasteiger charge is -2.10. The Labute approximate surface area is 74.7 Å². The van der Waals surface area contributed by atoms with Crippen molar-refractivity contribution < 1.29 is 0 Å². The van der Waals surface area contributed by atoms with Crippen LogP contribution in [0, 0.1) is 29.6 Å². The molecule has 0 nitrogen and oxygen atoms in total. The zero-order chi connectivity index (χ0) is 9.45. The van der Waals surface area contributed by atoms with Crippen molar-refractivity contribution in [2.45, 2.75) is 6.92 Å². The average Bonchev–Trinajstić information content (AvgIpc) is 2.13. The van der Waals surface area contributed by atoms with Gasteiger partial charge in [0.25, 0.3) is 0 Å². The van der Waals surface area contributed by atoms with Gasteiger partial charge in [0.1, 0.15) is 5.41 Å². The molecule has 0 aliphatic rings. The van der Waals surface area contributed by atoms with Gasteiger partial charge < -0.3 is 0 Å². The molecule has 0 aliphatic heterocycles. The molecule has 60 valence electrons. The fourth-order valence-electron chi connectivity index (χ4n) is 0.731. The van der Waals surface area contributed by atoms with Gasteiger partial charge in [-0.3, -0.25) is 0 Å². The molecular formula is C12H12. The van der Waals surface area contributed by atoms with Crippen molar-refractivity contribution in [1.82, 2.24) is 0 Å². The molecule has 0 heteroatoms. The van der Waals surface area contributed by atoms with Crippen LogP contribution in [0.5, 0.6) is 0 Å². The summed E-state index contributed by atoms with van der Waals surface area (Å²) >= 11 is 0. The lowest BCUT2D eigenvalue weighted by atomic mass is 9.89. The van der Waals surface area contributed by atoms with E-state index in [1.165, 1.54) is 0 Å². The van der Waals surface area contributed by atoms with Crippen LogP contribution in [0.1, 0.15) is 6.92 Å². The maximum absolute atomic E-state index is 5.34. The Bertz CT molecular complexity index is 288. The fourth-order valence-corrected chi connectivity index (χ4v) is 0.731. The van der Waals surface area contributed by atoms with Gasteiger partial charge in [0.05, 0.1) is 0 Å². The van der Waals surface area contributed by atoms with Crippen LogP contribution >= 0.6 is 0 Å². The van der Waals surface area contributed by atoms with E-state index < -0.39 is 5.41 Å². The molecule has 0 aromatic rings. The Morgan fingerprint density at radius 2 is 2.08 bits per heavy atom. The highest BCUT2D eigenvalue weighted by molar-refractivity contribution is 5.38. The summed E-state index contributed by atoms with van der Waals surface area (Å²) in [6.07, 6.45) is 12.2. The number of terminal acetylenes is 1. The highest BCUT2D eigenvalue weighted by atomic mass is 14.1. The van der Waals surface area contributed by atoms with Gasteiger partial charge in [0.2, 0.25) is 0 Å². The quantitative estimate of drug-likeness (QED) is 0.334. The molecule has 0 spiro atoms. The van der Waals surface area contributed by atoms with E-state index in [0.717, 1.165) is 0 Å². The normalized spacial score (nSPS) is 13.7. The molecule has 0 saturated carbocycles. The molecular weight excluding hydrogens is 144 g/mol. The second-order valence-electron chi connectivity index (χ2n) is 2.19. The van der Waals surface area contributed by atoms with Gasteiger partial charge in [-0.25, -0.2) is 0 Å². The first-order valence-corrected chi connectivity index (χ1v) is 3.60. The van der Waals surface area contributed by atoms with E-state index in [1.807, 2.05) is 0 Å². The summed E-state index contributed by atoms with van der Waals surface area (Å²) in [7, 11) is 0. The molecule has 0 aromatic carbocycles. The van der Waals surface area contributed by atoms with E-state index in [9.17, 15) is 0 Å². The van der Waals surface area contributed by atoms with Crippen LogP contribution in [0.25, 0.3) is 0 Å². The zero-order valence-electron chi connectivity index (χ0n) is 7.30. The van der Waals surface area contributed by atoms with Crippen LogP contribution in [0.4, 0.5) is 0 Å². The molecule has 0 N–H and O–H groups in total. The predicted octanol–water partition coefficient (Wildman–Crippen LogP) is 2.56. The van der Waals surface area contributed by atoms with Crippen molar-refractivity contribution in [2.24, 2.45) is 5.41 Å². The van der Waals surface area contributed by atoms with Crippen molar-refractivity contribution in [3.05, 3.63) is 37.5 Å². The summed E-state index contributed by atoms with van der Waals surface area (Å²) in [6, 6.07) is 0. The number of hydrogen-bond acceptors (Lipinski definition) is 0. The molecule has 0 bridgehead atoms. The third kappa shape index (κ3) is 2.52. The van der Waals surface area contributed by atoms with Crippen LogP contribution < -0.4 is 0 Å². The highest BCUT2D eigenvalue weighted by Crippen LogP contribution is 2.17. The Morgan fingerprint density at radius 3 is 2.42 bits per heavy atom. The lowest BCUT2D eigenvalue weighted by molar-refractivity contribution is 0.902. The molecule has 0 fully saturated rings. The van der Waals surface area contributed by atoms with Crippen LogP contribution in [-0.4, -0.2) is 0 Å². The highest BCUT2D eigenvalue weighted by Gasteiger charge is 2.14. The third-order valence-electron chi connectivity index (χ3n) is 1.39. The first-order valence-electron chi connectivity index (χ1n) is 3.60. The number of hydrogen-bond donors (Lipinski definition) is 0. The van der Waals surface area contributed by atoms with Gasteiger partial charge >= 0.3 is 0 Å². The molecule has 0 radical (unpaired) electrons. The summed E-state index contributed by atoms with van der Waals surface area (Å²) < 4.78 is 0. The van der Waals surface area contributed by atoms with Crippen molar-refractivity contribution in [3.63, 3.8) is 0 Å². The maximum atomic E-state index is 5.34. The first-order chi connectivity index (χ1) is 5.74. The monoisotopic (exact) mass is 156 g/mol. The molecule has 1 unspecified atom stereocenters. The SMILES string of the molecule is C#CC(C#CC)(C=C)/C=C/C=C. The Hall–Kier alpha value is -1.66. The Balaban J connectivity index is 4.94. The third-order valence-corrected chi connectivity index (χ3v) is 1.39. The minimum absolute atomic E-state index is 0.636.